The molecule has 0 aliphatic carbocycles. The van der Waals surface area contributed by atoms with Gasteiger partial charge in [-0.2, -0.15) is 0 Å². The summed E-state index contributed by atoms with van der Waals surface area (Å²) in [5, 5.41) is 1.39. The van der Waals surface area contributed by atoms with Crippen LogP contribution in [0, 0.1) is 11.8 Å². The number of fused-ring (bicyclic) bond motifs is 1. The van der Waals surface area contributed by atoms with Crippen LogP contribution in [0.5, 0.6) is 0 Å². The third-order valence-electron chi connectivity index (χ3n) is 5.28. The summed E-state index contributed by atoms with van der Waals surface area (Å²) in [5.74, 6) is 0. The average Bonchev–Trinajstić information content (AvgIpc) is 2.68. The van der Waals surface area contributed by atoms with E-state index in [2.05, 4.69) is 46.0 Å². The molecule has 1 saturated heterocycles. The third kappa shape index (κ3) is 3.18. The van der Waals surface area contributed by atoms with E-state index in [1.165, 1.54) is 18.3 Å². The molecule has 3 aromatic rings. The van der Waals surface area contributed by atoms with Gasteiger partial charge in [-0.3, -0.25) is 4.79 Å². The number of anilines is 2. The number of piperazine rings is 1. The topological polar surface area (TPSA) is 59.4 Å². The maximum Gasteiger partial charge on any atom is 0.279 e. The summed E-state index contributed by atoms with van der Waals surface area (Å²) in [7, 11) is 1.48. The average molecular weight is 363 g/mol. The largest absolute Gasteiger partial charge is 0.368 e. The van der Waals surface area contributed by atoms with E-state index in [1.54, 1.807) is 12.3 Å². The number of benzene rings is 2. The summed E-state index contributed by atoms with van der Waals surface area (Å²) in [6.07, 6.45) is 1.64. The van der Waals surface area contributed by atoms with Crippen LogP contribution in [0.3, 0.4) is 0 Å². The van der Waals surface area contributed by atoms with Gasteiger partial charge in [-0.1, -0.05) is 18.2 Å². The number of nitroso groups, excluding NO2 is 1. The van der Waals surface area contributed by atoms with Crippen LogP contribution in [-0.2, 0) is 0 Å². The van der Waals surface area contributed by atoms with Crippen molar-refractivity contribution in [3.63, 3.8) is 0 Å². The van der Waals surface area contributed by atoms with Gasteiger partial charge in [0.05, 0.1) is 5.39 Å². The second kappa shape index (κ2) is 6.87. The first-order valence-corrected chi connectivity index (χ1v) is 9.16. The van der Waals surface area contributed by atoms with Crippen molar-refractivity contribution in [2.45, 2.75) is 6.92 Å². The van der Waals surface area contributed by atoms with Crippen LogP contribution >= 0.6 is 0 Å². The summed E-state index contributed by atoms with van der Waals surface area (Å²) in [6, 6.07) is 13.9. The molecule has 1 fully saturated rings. The van der Waals surface area contributed by atoms with Crippen LogP contribution in [0.1, 0.15) is 5.56 Å². The van der Waals surface area contributed by atoms with Gasteiger partial charge in [-0.15, -0.1) is 0 Å². The number of aromatic amines is 1. The highest BCUT2D eigenvalue weighted by atomic mass is 16.3. The molecule has 138 valence electrons. The van der Waals surface area contributed by atoms with E-state index >= 15 is 0 Å². The summed E-state index contributed by atoms with van der Waals surface area (Å²) in [4.78, 5) is 31.5. The predicted molar refractivity (Wildman–Crippen MR) is 109 cm³/mol. The lowest BCUT2D eigenvalue weighted by Crippen LogP contribution is -2.47. The quantitative estimate of drug-likeness (QED) is 0.726. The Bertz CT molecular complexity index is 1070. The highest BCUT2D eigenvalue weighted by Crippen LogP contribution is 2.33. The molecule has 0 spiro atoms. The first-order chi connectivity index (χ1) is 13.0. The lowest BCUT2D eigenvalue weighted by molar-refractivity contribution is -0.427. The number of hydrogen-bond acceptors (Lipinski definition) is 4. The summed E-state index contributed by atoms with van der Waals surface area (Å²) < 4.78 is 0.842. The van der Waals surface area contributed by atoms with Gasteiger partial charge in [0, 0.05) is 53.8 Å². The van der Waals surface area contributed by atoms with E-state index in [0.29, 0.717) is 11.1 Å². The van der Waals surface area contributed by atoms with Crippen molar-refractivity contribution in [1.29, 1.82) is 0 Å². The Morgan fingerprint density at radius 2 is 1.63 bits per heavy atom. The van der Waals surface area contributed by atoms with E-state index in [1.807, 2.05) is 12.1 Å². The zero-order chi connectivity index (χ0) is 19.0. The molecular formula is C21H23N4O2+. The molecule has 1 aliphatic heterocycles. The number of pyridine rings is 1. The van der Waals surface area contributed by atoms with Crippen molar-refractivity contribution >= 4 is 27.8 Å². The Labute approximate surface area is 157 Å². The van der Waals surface area contributed by atoms with E-state index in [4.69, 9.17) is 0 Å². The highest BCUT2D eigenvalue weighted by Gasteiger charge is 2.25. The number of aryl methyl sites for hydroxylation is 1. The molecular weight excluding hydrogens is 340 g/mol. The van der Waals surface area contributed by atoms with Crippen LogP contribution in [0.4, 0.5) is 17.1 Å². The van der Waals surface area contributed by atoms with Gasteiger partial charge >= 0.3 is 0 Å². The van der Waals surface area contributed by atoms with E-state index in [0.717, 1.165) is 42.0 Å². The molecule has 0 amide bonds. The molecule has 2 aromatic carbocycles. The van der Waals surface area contributed by atoms with Gasteiger partial charge in [0.2, 0.25) is 0 Å². The van der Waals surface area contributed by atoms with Crippen molar-refractivity contribution in [3.8, 4) is 0 Å². The molecule has 1 N–H and O–H groups in total. The molecule has 0 saturated carbocycles. The lowest BCUT2D eigenvalue weighted by Gasteiger charge is -2.37. The van der Waals surface area contributed by atoms with Crippen molar-refractivity contribution in [2.75, 3.05) is 43.0 Å². The van der Waals surface area contributed by atoms with Gasteiger partial charge < -0.3 is 14.8 Å². The van der Waals surface area contributed by atoms with Crippen molar-refractivity contribution in [1.82, 2.24) is 4.98 Å². The first-order valence-electron chi connectivity index (χ1n) is 9.16. The zero-order valence-corrected chi connectivity index (χ0v) is 15.6. The Balaban J connectivity index is 1.65. The van der Waals surface area contributed by atoms with E-state index in [-0.39, 0.29) is 5.56 Å². The number of aromatic nitrogens is 1. The molecule has 6 nitrogen and oxygen atoms in total. The van der Waals surface area contributed by atoms with Crippen LogP contribution in [0.15, 0.2) is 53.5 Å². The van der Waals surface area contributed by atoms with Crippen LogP contribution < -0.4 is 15.4 Å². The fourth-order valence-electron chi connectivity index (χ4n) is 3.82. The predicted octanol–water partition coefficient (Wildman–Crippen LogP) is 3.20. The van der Waals surface area contributed by atoms with Gasteiger partial charge in [-0.25, -0.2) is 0 Å². The molecule has 1 aromatic heterocycles. The third-order valence-corrected chi connectivity index (χ3v) is 5.28. The Morgan fingerprint density at radius 3 is 2.30 bits per heavy atom. The minimum Gasteiger partial charge on any atom is -0.368 e. The molecule has 6 heteroatoms. The number of hydrogen-bond donors (Lipinski definition) is 1. The molecule has 0 bridgehead atoms. The Morgan fingerprint density at radius 1 is 0.963 bits per heavy atom. The first kappa shape index (κ1) is 17.3. The Kier molecular flexibility index (Phi) is 4.39. The standard InChI is InChI=1S/C21H22N4O2/c1-15-5-3-4-6-18(15)24-9-11-25(12-10-24)20-13-16-7-8-22-21(26)17(16)14-19(20)23(2)27/h3-8,13-14H,9-12H2,1-2H3/p+1. The van der Waals surface area contributed by atoms with Crippen molar-refractivity contribution in [2.24, 2.45) is 0 Å². The molecule has 4 rings (SSSR count). The summed E-state index contributed by atoms with van der Waals surface area (Å²) in [5.41, 5.74) is 3.78. The van der Waals surface area contributed by atoms with E-state index in [9.17, 15) is 9.70 Å². The normalized spacial score (nSPS) is 14.6. The van der Waals surface area contributed by atoms with Gasteiger partial charge in [0.1, 0.15) is 5.69 Å². The van der Waals surface area contributed by atoms with Crippen LogP contribution in [-0.4, -0.2) is 43.0 Å². The lowest BCUT2D eigenvalue weighted by atomic mass is 10.1. The highest BCUT2D eigenvalue weighted by molar-refractivity contribution is 5.89. The fourth-order valence-corrected chi connectivity index (χ4v) is 3.82. The summed E-state index contributed by atoms with van der Waals surface area (Å²) >= 11 is 0. The maximum absolute atomic E-state index is 12.2. The second-order valence-electron chi connectivity index (χ2n) is 6.99. The van der Waals surface area contributed by atoms with Gasteiger partial charge in [0.25, 0.3) is 11.2 Å². The van der Waals surface area contributed by atoms with Gasteiger partial charge in [-0.05, 0) is 36.1 Å². The Hall–Kier alpha value is -3.15. The van der Waals surface area contributed by atoms with Gasteiger partial charge in [0.15, 0.2) is 7.05 Å². The molecule has 1 aliphatic rings. The van der Waals surface area contributed by atoms with E-state index < -0.39 is 0 Å². The summed E-state index contributed by atoms with van der Waals surface area (Å²) in [6.45, 7) is 5.56. The smallest absolute Gasteiger partial charge is 0.279 e. The van der Waals surface area contributed by atoms with Crippen LogP contribution in [0.2, 0.25) is 0 Å². The van der Waals surface area contributed by atoms with Crippen molar-refractivity contribution in [3.05, 3.63) is 69.5 Å². The SMILES string of the molecule is Cc1ccccc1N1CCN(c2cc3cc[nH]c(=O)c3cc2[N+](C)=O)CC1. The number of nitrogens with zero attached hydrogens (tertiary/aromatic N) is 3. The molecule has 0 radical (unpaired) electrons. The molecule has 2 heterocycles. The second-order valence-corrected chi connectivity index (χ2v) is 6.99. The zero-order valence-electron chi connectivity index (χ0n) is 15.6. The number of rotatable bonds is 3. The maximum atomic E-state index is 12.2. The molecule has 0 atom stereocenters. The monoisotopic (exact) mass is 363 g/mol. The minimum absolute atomic E-state index is 0.175. The van der Waals surface area contributed by atoms with Crippen molar-refractivity contribution < 1.29 is 4.76 Å². The van der Waals surface area contributed by atoms with Crippen LogP contribution in [0.25, 0.3) is 10.8 Å². The molecule has 27 heavy (non-hydrogen) atoms. The number of para-hydroxylation sites is 1. The number of H-pyrrole nitrogens is 1. The molecule has 0 unspecified atom stereocenters. The number of nitrogens with one attached hydrogen (secondary N) is 1. The minimum atomic E-state index is -0.175. The fraction of sp³-hybridized carbons (Fsp3) is 0.286.